The first-order valence-electron chi connectivity index (χ1n) is 8.68. The molecule has 0 bridgehead atoms. The molecule has 23 heavy (non-hydrogen) atoms. The van der Waals surface area contributed by atoms with Gasteiger partial charge in [-0.05, 0) is 32.2 Å². The first-order valence-corrected chi connectivity index (χ1v) is 9.49. The van der Waals surface area contributed by atoms with E-state index in [0.717, 1.165) is 37.6 Å². The Bertz CT molecular complexity index is 558. The van der Waals surface area contributed by atoms with Crippen molar-refractivity contribution in [3.05, 3.63) is 0 Å². The Hall–Kier alpha value is -1.41. The predicted molar refractivity (Wildman–Crippen MR) is 91.1 cm³/mol. The molecule has 7 nitrogen and oxygen atoms in total. The normalized spacial score (nSPS) is 25.6. The van der Waals surface area contributed by atoms with Crippen LogP contribution in [0.15, 0.2) is 0 Å². The molecule has 4 rings (SSSR count). The van der Waals surface area contributed by atoms with Crippen LogP contribution in [0.5, 0.6) is 0 Å². The molecule has 2 N–H and O–H groups in total. The van der Waals surface area contributed by atoms with Gasteiger partial charge in [0.15, 0.2) is 0 Å². The largest absolute Gasteiger partial charge is 0.344 e. The summed E-state index contributed by atoms with van der Waals surface area (Å²) in [6, 6.07) is 0.827. The summed E-state index contributed by atoms with van der Waals surface area (Å²) in [6.07, 6.45) is 7.18. The number of amides is 2. The van der Waals surface area contributed by atoms with Gasteiger partial charge in [0.2, 0.25) is 10.3 Å². The number of piperazine rings is 1. The highest BCUT2D eigenvalue weighted by Crippen LogP contribution is 2.29. The van der Waals surface area contributed by atoms with Crippen molar-refractivity contribution in [1.82, 2.24) is 20.4 Å². The molecule has 0 unspecified atom stereocenters. The molecule has 1 aliphatic carbocycles. The predicted octanol–water partition coefficient (Wildman–Crippen LogP) is 1.89. The Morgan fingerprint density at radius 1 is 1.09 bits per heavy atom. The number of rotatable bonds is 3. The maximum Gasteiger partial charge on any atom is 0.321 e. The van der Waals surface area contributed by atoms with E-state index in [0.29, 0.717) is 17.2 Å². The third-order valence-electron chi connectivity index (χ3n) is 5.18. The number of nitrogens with one attached hydrogen (secondary N) is 2. The average Bonchev–Trinajstić information content (AvgIpc) is 3.27. The Labute approximate surface area is 140 Å². The standard InChI is InChI=1S/C15H24N6OS/c22-13(16-11-4-1-2-5-11)17-14-18-19-15(23-14)21-9-8-20-7-3-6-12(20)10-21/h11-12H,1-10H2,(H2,16,17,18,22)/t12-/m0/s1. The Morgan fingerprint density at radius 3 is 2.83 bits per heavy atom. The molecule has 0 radical (unpaired) electrons. The van der Waals surface area contributed by atoms with Crippen molar-refractivity contribution < 1.29 is 4.79 Å². The van der Waals surface area contributed by atoms with Crippen LogP contribution in [0.25, 0.3) is 0 Å². The first-order chi connectivity index (χ1) is 11.3. The number of anilines is 2. The highest BCUT2D eigenvalue weighted by molar-refractivity contribution is 7.19. The van der Waals surface area contributed by atoms with Crippen LogP contribution in [0.3, 0.4) is 0 Å². The summed E-state index contributed by atoms with van der Waals surface area (Å²) < 4.78 is 0. The number of aromatic nitrogens is 2. The lowest BCUT2D eigenvalue weighted by molar-refractivity contribution is 0.231. The fourth-order valence-electron chi connectivity index (χ4n) is 3.95. The van der Waals surface area contributed by atoms with E-state index < -0.39 is 0 Å². The van der Waals surface area contributed by atoms with Gasteiger partial charge in [0.05, 0.1) is 0 Å². The van der Waals surface area contributed by atoms with Crippen LogP contribution >= 0.6 is 11.3 Å². The summed E-state index contributed by atoms with van der Waals surface area (Å²) >= 11 is 1.47. The lowest BCUT2D eigenvalue weighted by Gasteiger charge is -2.37. The van der Waals surface area contributed by atoms with Crippen molar-refractivity contribution in [2.45, 2.75) is 50.6 Å². The SMILES string of the molecule is O=C(Nc1nnc(N2CCN3CCC[C@H]3C2)s1)NC1CCCC1. The van der Waals surface area contributed by atoms with Gasteiger partial charge in [0, 0.05) is 31.7 Å². The van der Waals surface area contributed by atoms with Crippen molar-refractivity contribution in [1.29, 1.82) is 0 Å². The van der Waals surface area contributed by atoms with E-state index in [2.05, 4.69) is 30.6 Å². The van der Waals surface area contributed by atoms with Crippen molar-refractivity contribution in [2.75, 3.05) is 36.4 Å². The molecule has 3 fully saturated rings. The average molecular weight is 336 g/mol. The highest BCUT2D eigenvalue weighted by Gasteiger charge is 2.31. The van der Waals surface area contributed by atoms with Gasteiger partial charge in [-0.25, -0.2) is 4.79 Å². The third-order valence-corrected chi connectivity index (χ3v) is 6.08. The molecule has 2 saturated heterocycles. The second-order valence-electron chi connectivity index (χ2n) is 6.75. The van der Waals surface area contributed by atoms with E-state index in [4.69, 9.17) is 0 Å². The van der Waals surface area contributed by atoms with Gasteiger partial charge in [-0.1, -0.05) is 24.2 Å². The van der Waals surface area contributed by atoms with Gasteiger partial charge in [0.1, 0.15) is 0 Å². The fourth-order valence-corrected chi connectivity index (χ4v) is 4.72. The summed E-state index contributed by atoms with van der Waals surface area (Å²) in [5.74, 6) is 0. The van der Waals surface area contributed by atoms with Gasteiger partial charge in [-0.3, -0.25) is 10.2 Å². The van der Waals surface area contributed by atoms with E-state index in [-0.39, 0.29) is 6.03 Å². The zero-order chi connectivity index (χ0) is 15.6. The molecule has 1 atom stereocenters. The van der Waals surface area contributed by atoms with Crippen LogP contribution < -0.4 is 15.5 Å². The topological polar surface area (TPSA) is 73.4 Å². The lowest BCUT2D eigenvalue weighted by atomic mass is 10.2. The molecule has 1 saturated carbocycles. The summed E-state index contributed by atoms with van der Waals surface area (Å²) in [5.41, 5.74) is 0. The molecule has 0 aromatic carbocycles. The number of fused-ring (bicyclic) bond motifs is 1. The van der Waals surface area contributed by atoms with Crippen LogP contribution in [-0.4, -0.2) is 59.4 Å². The zero-order valence-corrected chi connectivity index (χ0v) is 14.1. The van der Waals surface area contributed by atoms with Crippen molar-refractivity contribution >= 4 is 27.6 Å². The molecule has 0 spiro atoms. The van der Waals surface area contributed by atoms with Crippen LogP contribution in [0.1, 0.15) is 38.5 Å². The second kappa shape index (κ2) is 6.60. The molecule has 8 heteroatoms. The maximum atomic E-state index is 12.0. The molecule has 3 aliphatic rings. The van der Waals surface area contributed by atoms with Gasteiger partial charge in [-0.15, -0.1) is 10.2 Å². The summed E-state index contributed by atoms with van der Waals surface area (Å²) in [7, 11) is 0. The molecular weight excluding hydrogens is 312 g/mol. The molecule has 3 heterocycles. The van der Waals surface area contributed by atoms with Crippen molar-refractivity contribution in [2.24, 2.45) is 0 Å². The molecule has 2 aliphatic heterocycles. The molecule has 2 amide bonds. The smallest absolute Gasteiger partial charge is 0.321 e. The summed E-state index contributed by atoms with van der Waals surface area (Å²) in [6.45, 7) is 4.38. The molecule has 126 valence electrons. The Morgan fingerprint density at radius 2 is 1.96 bits per heavy atom. The van der Waals surface area contributed by atoms with Crippen LogP contribution in [0, 0.1) is 0 Å². The number of hydrogen-bond acceptors (Lipinski definition) is 6. The first kappa shape index (κ1) is 15.1. The van der Waals surface area contributed by atoms with Crippen molar-refractivity contribution in [3.63, 3.8) is 0 Å². The van der Waals surface area contributed by atoms with Crippen LogP contribution in [0.4, 0.5) is 15.1 Å². The minimum atomic E-state index is -0.153. The number of carbonyl (C=O) groups is 1. The lowest BCUT2D eigenvalue weighted by Crippen LogP contribution is -2.50. The van der Waals surface area contributed by atoms with Gasteiger partial charge in [-0.2, -0.15) is 0 Å². The monoisotopic (exact) mass is 336 g/mol. The number of hydrogen-bond donors (Lipinski definition) is 2. The van der Waals surface area contributed by atoms with E-state index >= 15 is 0 Å². The van der Waals surface area contributed by atoms with Crippen molar-refractivity contribution in [3.8, 4) is 0 Å². The third kappa shape index (κ3) is 3.42. The summed E-state index contributed by atoms with van der Waals surface area (Å²) in [5, 5.41) is 15.8. The second-order valence-corrected chi connectivity index (χ2v) is 7.70. The van der Waals surface area contributed by atoms with E-state index in [1.165, 1.54) is 43.6 Å². The van der Waals surface area contributed by atoms with Crippen LogP contribution in [-0.2, 0) is 0 Å². The van der Waals surface area contributed by atoms with E-state index in [1.54, 1.807) is 0 Å². The van der Waals surface area contributed by atoms with Gasteiger partial charge >= 0.3 is 6.03 Å². The Balaban J connectivity index is 1.32. The molecule has 1 aromatic rings. The van der Waals surface area contributed by atoms with E-state index in [1.807, 2.05) is 0 Å². The number of nitrogens with zero attached hydrogens (tertiary/aromatic N) is 4. The molecule has 1 aromatic heterocycles. The van der Waals surface area contributed by atoms with Crippen LogP contribution in [0.2, 0.25) is 0 Å². The Kier molecular flexibility index (Phi) is 4.35. The minimum Gasteiger partial charge on any atom is -0.344 e. The highest BCUT2D eigenvalue weighted by atomic mass is 32.1. The summed E-state index contributed by atoms with van der Waals surface area (Å²) in [4.78, 5) is 16.9. The molecular formula is C15H24N6OS. The quantitative estimate of drug-likeness (QED) is 0.882. The number of urea groups is 1. The van der Waals surface area contributed by atoms with Gasteiger partial charge < -0.3 is 10.2 Å². The van der Waals surface area contributed by atoms with Gasteiger partial charge in [0.25, 0.3) is 0 Å². The van der Waals surface area contributed by atoms with E-state index in [9.17, 15) is 4.79 Å². The number of carbonyl (C=O) groups excluding carboxylic acids is 1. The minimum absolute atomic E-state index is 0.153. The zero-order valence-electron chi connectivity index (χ0n) is 13.3. The fraction of sp³-hybridized carbons (Fsp3) is 0.800. The maximum absolute atomic E-state index is 12.0.